The third kappa shape index (κ3) is 5.48. The Labute approximate surface area is 157 Å². The van der Waals surface area contributed by atoms with Gasteiger partial charge in [0.25, 0.3) is 0 Å². The van der Waals surface area contributed by atoms with E-state index in [0.29, 0.717) is 13.0 Å². The van der Waals surface area contributed by atoms with Crippen LogP contribution in [-0.2, 0) is 6.54 Å². The van der Waals surface area contributed by atoms with Crippen LogP contribution in [-0.4, -0.2) is 41.8 Å². The molecule has 0 bridgehead atoms. The first-order valence-electron chi connectivity index (χ1n) is 8.94. The molecule has 0 spiro atoms. The van der Waals surface area contributed by atoms with Gasteiger partial charge in [0.2, 0.25) is 0 Å². The maximum Gasteiger partial charge on any atom is 0.319 e. The van der Waals surface area contributed by atoms with E-state index in [2.05, 4.69) is 27.7 Å². The molecule has 3 rings (SSSR count). The van der Waals surface area contributed by atoms with Crippen molar-refractivity contribution in [2.24, 2.45) is 5.92 Å². The minimum Gasteiger partial charge on any atom is -0.396 e. The van der Waals surface area contributed by atoms with Gasteiger partial charge >= 0.3 is 6.03 Å². The van der Waals surface area contributed by atoms with Crippen LogP contribution in [0.25, 0.3) is 0 Å². The van der Waals surface area contributed by atoms with Crippen LogP contribution in [0, 0.1) is 17.6 Å². The maximum atomic E-state index is 13.2. The van der Waals surface area contributed by atoms with Crippen LogP contribution in [0.3, 0.4) is 0 Å². The van der Waals surface area contributed by atoms with Gasteiger partial charge in [0, 0.05) is 50.0 Å². The van der Waals surface area contributed by atoms with E-state index in [9.17, 15) is 18.7 Å². The van der Waals surface area contributed by atoms with Crippen LogP contribution in [0.15, 0.2) is 48.5 Å². The first kappa shape index (κ1) is 19.3. The number of nitrogens with zero attached hydrogens (tertiary/aromatic N) is 1. The zero-order valence-electron chi connectivity index (χ0n) is 14.9. The molecule has 2 aromatic carbocycles. The van der Waals surface area contributed by atoms with Gasteiger partial charge in [0.15, 0.2) is 0 Å². The Kier molecular flexibility index (Phi) is 6.36. The number of aliphatic hydroxyl groups is 1. The third-order valence-electron chi connectivity index (χ3n) is 4.74. The number of amides is 2. The fraction of sp³-hybridized carbons (Fsp3) is 0.350. The number of hydrogen-bond acceptors (Lipinski definition) is 3. The van der Waals surface area contributed by atoms with Crippen LogP contribution in [0.4, 0.5) is 19.3 Å². The SMILES string of the molecule is O=C(Nc1cc(F)cc(F)c1)N[C@H]1CCN(Cc2ccccc2)C[C@H]1CO. The van der Waals surface area contributed by atoms with Crippen molar-refractivity contribution in [3.05, 3.63) is 65.7 Å². The van der Waals surface area contributed by atoms with Crippen LogP contribution in [0.5, 0.6) is 0 Å². The molecule has 1 aliphatic heterocycles. The number of aliphatic hydroxyl groups excluding tert-OH is 1. The summed E-state index contributed by atoms with van der Waals surface area (Å²) in [5.41, 5.74) is 1.25. The molecule has 27 heavy (non-hydrogen) atoms. The number of carbonyl (C=O) groups excluding carboxylic acids is 1. The van der Waals surface area contributed by atoms with Crippen molar-refractivity contribution in [3.63, 3.8) is 0 Å². The summed E-state index contributed by atoms with van der Waals surface area (Å²) in [5, 5.41) is 15.0. The molecular weight excluding hydrogens is 352 g/mol. The van der Waals surface area contributed by atoms with Crippen molar-refractivity contribution < 1.29 is 18.7 Å². The molecule has 1 heterocycles. The van der Waals surface area contributed by atoms with E-state index in [0.717, 1.165) is 31.3 Å². The van der Waals surface area contributed by atoms with E-state index < -0.39 is 17.7 Å². The van der Waals surface area contributed by atoms with E-state index in [1.54, 1.807) is 0 Å². The van der Waals surface area contributed by atoms with Gasteiger partial charge in [0.05, 0.1) is 0 Å². The van der Waals surface area contributed by atoms with E-state index in [-0.39, 0.29) is 24.3 Å². The zero-order chi connectivity index (χ0) is 19.2. The number of halogens is 2. The summed E-state index contributed by atoms with van der Waals surface area (Å²) in [6.45, 7) is 2.18. The molecule has 0 radical (unpaired) electrons. The summed E-state index contributed by atoms with van der Waals surface area (Å²) in [5.74, 6) is -1.63. The number of hydrogen-bond donors (Lipinski definition) is 3. The maximum absolute atomic E-state index is 13.2. The highest BCUT2D eigenvalue weighted by molar-refractivity contribution is 5.89. The van der Waals surface area contributed by atoms with E-state index >= 15 is 0 Å². The van der Waals surface area contributed by atoms with Crippen molar-refractivity contribution in [2.75, 3.05) is 25.0 Å². The van der Waals surface area contributed by atoms with Crippen LogP contribution in [0.2, 0.25) is 0 Å². The van der Waals surface area contributed by atoms with Gasteiger partial charge < -0.3 is 15.7 Å². The van der Waals surface area contributed by atoms with Crippen molar-refractivity contribution in [2.45, 2.75) is 19.0 Å². The molecule has 0 unspecified atom stereocenters. The summed E-state index contributed by atoms with van der Waals surface area (Å²) in [6, 6.07) is 12.2. The second-order valence-corrected chi connectivity index (χ2v) is 6.82. The summed E-state index contributed by atoms with van der Waals surface area (Å²) in [7, 11) is 0. The van der Waals surface area contributed by atoms with Gasteiger partial charge in [0.1, 0.15) is 11.6 Å². The third-order valence-corrected chi connectivity index (χ3v) is 4.74. The number of likely N-dealkylation sites (tertiary alicyclic amines) is 1. The molecule has 0 aliphatic carbocycles. The molecule has 0 saturated carbocycles. The highest BCUT2D eigenvalue weighted by atomic mass is 19.1. The minimum atomic E-state index is -0.757. The van der Waals surface area contributed by atoms with Gasteiger partial charge in [-0.05, 0) is 24.1 Å². The van der Waals surface area contributed by atoms with Crippen molar-refractivity contribution >= 4 is 11.7 Å². The van der Waals surface area contributed by atoms with E-state index in [1.807, 2.05) is 18.2 Å². The van der Waals surface area contributed by atoms with Gasteiger partial charge in [-0.2, -0.15) is 0 Å². The number of anilines is 1. The second kappa shape index (κ2) is 8.92. The number of rotatable bonds is 5. The van der Waals surface area contributed by atoms with Gasteiger partial charge in [-0.3, -0.25) is 4.90 Å². The number of carbonyl (C=O) groups is 1. The Balaban J connectivity index is 1.55. The van der Waals surface area contributed by atoms with Crippen molar-refractivity contribution in [3.8, 4) is 0 Å². The highest BCUT2D eigenvalue weighted by Crippen LogP contribution is 2.20. The first-order valence-corrected chi connectivity index (χ1v) is 8.94. The summed E-state index contributed by atoms with van der Waals surface area (Å²) < 4.78 is 26.5. The fourth-order valence-electron chi connectivity index (χ4n) is 3.43. The van der Waals surface area contributed by atoms with Crippen LogP contribution >= 0.6 is 0 Å². The number of benzene rings is 2. The van der Waals surface area contributed by atoms with Crippen molar-refractivity contribution in [1.82, 2.24) is 10.2 Å². The van der Waals surface area contributed by atoms with Crippen LogP contribution in [0.1, 0.15) is 12.0 Å². The molecule has 2 aromatic rings. The molecule has 3 N–H and O–H groups in total. The molecule has 7 heteroatoms. The molecule has 1 saturated heterocycles. The summed E-state index contributed by atoms with van der Waals surface area (Å²) >= 11 is 0. The lowest BCUT2D eigenvalue weighted by Gasteiger charge is -2.38. The Morgan fingerprint density at radius 1 is 1.15 bits per heavy atom. The highest BCUT2D eigenvalue weighted by Gasteiger charge is 2.30. The first-order chi connectivity index (χ1) is 13.0. The predicted octanol–water partition coefficient (Wildman–Crippen LogP) is 2.97. The monoisotopic (exact) mass is 375 g/mol. The van der Waals surface area contributed by atoms with Crippen LogP contribution < -0.4 is 10.6 Å². The van der Waals surface area contributed by atoms with Gasteiger partial charge in [-0.25, -0.2) is 13.6 Å². The number of urea groups is 1. The normalized spacial score (nSPS) is 20.3. The molecule has 1 aliphatic rings. The average molecular weight is 375 g/mol. The Hall–Kier alpha value is -2.51. The lowest BCUT2D eigenvalue weighted by molar-refractivity contribution is 0.0895. The van der Waals surface area contributed by atoms with Gasteiger partial charge in [-0.1, -0.05) is 30.3 Å². The Morgan fingerprint density at radius 2 is 1.85 bits per heavy atom. The fourth-order valence-corrected chi connectivity index (χ4v) is 3.43. The second-order valence-electron chi connectivity index (χ2n) is 6.82. The largest absolute Gasteiger partial charge is 0.396 e. The lowest BCUT2D eigenvalue weighted by atomic mass is 9.92. The molecule has 5 nitrogen and oxygen atoms in total. The minimum absolute atomic E-state index is 0.0482. The van der Waals surface area contributed by atoms with E-state index in [4.69, 9.17) is 0 Å². The lowest BCUT2D eigenvalue weighted by Crippen LogP contribution is -2.52. The number of nitrogens with one attached hydrogen (secondary N) is 2. The Morgan fingerprint density at radius 3 is 2.52 bits per heavy atom. The molecular formula is C20H23F2N3O2. The summed E-state index contributed by atoms with van der Waals surface area (Å²) in [6.07, 6.45) is 0.684. The molecule has 2 amide bonds. The molecule has 1 fully saturated rings. The topological polar surface area (TPSA) is 64.6 Å². The molecule has 0 aromatic heterocycles. The standard InChI is InChI=1S/C20H23F2N3O2/c21-16-8-17(22)10-18(9-16)23-20(27)24-19-6-7-25(12-15(19)13-26)11-14-4-2-1-3-5-14/h1-5,8-10,15,19,26H,6-7,11-13H2,(H2,23,24,27)/t15-,19-/m0/s1. The van der Waals surface area contributed by atoms with Gasteiger partial charge in [-0.15, -0.1) is 0 Å². The number of piperidine rings is 1. The summed E-state index contributed by atoms with van der Waals surface area (Å²) in [4.78, 5) is 14.4. The predicted molar refractivity (Wildman–Crippen MR) is 99.2 cm³/mol. The Bertz CT molecular complexity index is 753. The van der Waals surface area contributed by atoms with E-state index in [1.165, 1.54) is 5.56 Å². The molecule has 144 valence electrons. The quantitative estimate of drug-likeness (QED) is 0.753. The molecule has 2 atom stereocenters. The average Bonchev–Trinajstić information content (AvgIpc) is 2.63. The zero-order valence-corrected chi connectivity index (χ0v) is 14.9. The smallest absolute Gasteiger partial charge is 0.319 e. The van der Waals surface area contributed by atoms with Crippen molar-refractivity contribution in [1.29, 1.82) is 0 Å².